The number of hydrogen-bond donors (Lipinski definition) is 3. The van der Waals surface area contributed by atoms with Crippen molar-refractivity contribution in [2.75, 3.05) is 18.9 Å². The number of nitrogens with two attached hydrogens (primary N) is 1. The van der Waals surface area contributed by atoms with Crippen LogP contribution in [0, 0.1) is 5.92 Å². The number of aliphatic hydroxyl groups excluding tert-OH is 1. The van der Waals surface area contributed by atoms with Crippen LogP contribution in [0.15, 0.2) is 34.2 Å². The number of aromatic nitrogens is 2. The number of carbonyl (C=O) groups excluding carboxylic acids is 2. The Bertz CT molecular complexity index is 1580. The quantitative estimate of drug-likeness (QED) is 0.196. The van der Waals surface area contributed by atoms with Gasteiger partial charge in [-0.15, -0.1) is 0 Å². The second-order valence-electron chi connectivity index (χ2n) is 9.75. The lowest BCUT2D eigenvalue weighted by Gasteiger charge is -2.33. The Hall–Kier alpha value is -4.09. The minimum Gasteiger partial charge on any atom is -0.458 e. The average Bonchev–Trinajstić information content (AvgIpc) is 3.29. The van der Waals surface area contributed by atoms with E-state index in [1.165, 1.54) is 9.58 Å². The molecule has 1 atom stereocenters. The molecular weight excluding hydrogens is 490 g/mol. The van der Waals surface area contributed by atoms with Crippen LogP contribution in [0.25, 0.3) is 22.3 Å². The minimum absolute atomic E-state index is 0.0214. The first-order valence-corrected chi connectivity index (χ1v) is 12.5. The van der Waals surface area contributed by atoms with Crippen molar-refractivity contribution in [2.24, 2.45) is 11.0 Å². The fourth-order valence-corrected chi connectivity index (χ4v) is 5.17. The third-order valence-electron chi connectivity index (χ3n) is 7.17. The summed E-state index contributed by atoms with van der Waals surface area (Å²) in [6, 6.07) is 7.36. The number of hydrazone groups is 1. The number of amides is 1. The van der Waals surface area contributed by atoms with Gasteiger partial charge in [0.15, 0.2) is 5.60 Å². The molecule has 0 saturated heterocycles. The molecule has 3 aromatic rings. The number of nitrogen functional groups attached to an aromatic ring is 1. The van der Waals surface area contributed by atoms with Gasteiger partial charge in [-0.25, -0.2) is 14.8 Å². The Morgan fingerprint density at radius 1 is 1.32 bits per heavy atom. The van der Waals surface area contributed by atoms with Crippen molar-refractivity contribution in [2.45, 2.75) is 45.9 Å². The van der Waals surface area contributed by atoms with Crippen molar-refractivity contribution in [3.63, 3.8) is 0 Å². The van der Waals surface area contributed by atoms with Gasteiger partial charge in [-0.1, -0.05) is 39.0 Å². The number of benzene rings is 1. The summed E-state index contributed by atoms with van der Waals surface area (Å²) in [5.41, 5.74) is 7.10. The molecule has 11 heteroatoms. The summed E-state index contributed by atoms with van der Waals surface area (Å²) in [7, 11) is 0. The molecule has 0 unspecified atom stereocenters. The van der Waals surface area contributed by atoms with Crippen molar-refractivity contribution in [3.8, 4) is 11.4 Å². The zero-order valence-corrected chi connectivity index (χ0v) is 21.4. The van der Waals surface area contributed by atoms with E-state index in [1.54, 1.807) is 27.0 Å². The highest BCUT2D eigenvalue weighted by Crippen LogP contribution is 2.44. The number of hydrogen-bond acceptors (Lipinski definition) is 9. The molecular formula is C27H29N5O6. The van der Waals surface area contributed by atoms with E-state index in [4.69, 9.17) is 15.5 Å². The van der Waals surface area contributed by atoms with Gasteiger partial charge in [-0.2, -0.15) is 5.10 Å². The minimum atomic E-state index is -2.04. The SMILES string of the molecule is CC[C@@]1(O)C(=O)OCc2c1c(N)c1n(c2=O)Cc2c-1nc1ccccc1c2/C=N/N(CCO)C(=O)C(C)C. The summed E-state index contributed by atoms with van der Waals surface area (Å²) >= 11 is 0. The zero-order valence-electron chi connectivity index (χ0n) is 21.4. The van der Waals surface area contributed by atoms with E-state index in [9.17, 15) is 24.6 Å². The van der Waals surface area contributed by atoms with Crippen LogP contribution in [0.5, 0.6) is 0 Å². The van der Waals surface area contributed by atoms with Crippen LogP contribution in [0.1, 0.15) is 49.4 Å². The monoisotopic (exact) mass is 519 g/mol. The van der Waals surface area contributed by atoms with Crippen LogP contribution in [-0.2, 0) is 33.1 Å². The second kappa shape index (κ2) is 9.34. The number of para-hydroxylation sites is 1. The highest BCUT2D eigenvalue weighted by Gasteiger charge is 2.47. The Balaban J connectivity index is 1.76. The molecule has 5 rings (SSSR count). The maximum absolute atomic E-state index is 13.6. The zero-order chi connectivity index (χ0) is 27.4. The molecule has 38 heavy (non-hydrogen) atoms. The number of pyridine rings is 2. The molecule has 4 N–H and O–H groups in total. The molecule has 0 aliphatic carbocycles. The summed E-state index contributed by atoms with van der Waals surface area (Å²) in [6.07, 6.45) is 1.52. The Kier molecular flexibility index (Phi) is 6.28. The first kappa shape index (κ1) is 25.6. The third-order valence-corrected chi connectivity index (χ3v) is 7.17. The second-order valence-corrected chi connectivity index (χ2v) is 9.75. The summed E-state index contributed by atoms with van der Waals surface area (Å²) in [4.78, 5) is 43.6. The molecule has 0 spiro atoms. The van der Waals surface area contributed by atoms with Crippen molar-refractivity contribution in [1.29, 1.82) is 0 Å². The maximum atomic E-state index is 13.6. The van der Waals surface area contributed by atoms with Gasteiger partial charge in [-0.05, 0) is 12.5 Å². The van der Waals surface area contributed by atoms with Crippen LogP contribution in [0.2, 0.25) is 0 Å². The number of esters is 1. The lowest BCUT2D eigenvalue weighted by atomic mass is 9.84. The van der Waals surface area contributed by atoms with E-state index < -0.39 is 17.1 Å². The molecule has 0 fully saturated rings. The summed E-state index contributed by atoms with van der Waals surface area (Å²) in [6.45, 7) is 4.73. The highest BCUT2D eigenvalue weighted by atomic mass is 16.6. The molecule has 2 aliphatic rings. The van der Waals surface area contributed by atoms with E-state index in [2.05, 4.69) is 5.10 Å². The Labute approximate surface area is 218 Å². The van der Waals surface area contributed by atoms with Crippen LogP contribution in [0.4, 0.5) is 5.69 Å². The van der Waals surface area contributed by atoms with E-state index >= 15 is 0 Å². The third kappa shape index (κ3) is 3.69. The number of ether oxygens (including phenoxy) is 1. The number of carbonyl (C=O) groups is 2. The number of aliphatic hydroxyl groups is 2. The lowest BCUT2D eigenvalue weighted by Crippen LogP contribution is -2.45. The lowest BCUT2D eigenvalue weighted by molar-refractivity contribution is -0.172. The van der Waals surface area contributed by atoms with Crippen LogP contribution in [-0.4, -0.2) is 56.0 Å². The van der Waals surface area contributed by atoms with Gasteiger partial charge in [0, 0.05) is 28.0 Å². The fraction of sp³-hybridized carbons (Fsp3) is 0.370. The first-order valence-electron chi connectivity index (χ1n) is 12.5. The molecule has 0 saturated carbocycles. The molecule has 11 nitrogen and oxygen atoms in total. The highest BCUT2D eigenvalue weighted by molar-refractivity contribution is 6.03. The van der Waals surface area contributed by atoms with E-state index in [1.807, 2.05) is 24.3 Å². The number of cyclic esters (lactones) is 1. The topological polar surface area (TPSA) is 160 Å². The van der Waals surface area contributed by atoms with Crippen molar-refractivity contribution >= 4 is 34.7 Å². The van der Waals surface area contributed by atoms with Gasteiger partial charge in [0.05, 0.1) is 54.1 Å². The van der Waals surface area contributed by atoms with E-state index in [0.717, 1.165) is 5.39 Å². The molecule has 1 aromatic carbocycles. The number of nitrogens with zero attached hydrogens (tertiary/aromatic N) is 4. The van der Waals surface area contributed by atoms with Gasteiger partial charge in [0.2, 0.25) is 5.91 Å². The van der Waals surface area contributed by atoms with Gasteiger partial charge in [0.1, 0.15) is 6.61 Å². The molecule has 4 heterocycles. The smallest absolute Gasteiger partial charge is 0.343 e. The van der Waals surface area contributed by atoms with E-state index in [-0.39, 0.29) is 61.4 Å². The molecule has 0 radical (unpaired) electrons. The summed E-state index contributed by atoms with van der Waals surface area (Å²) in [5, 5.41) is 27.1. The normalized spacial score (nSPS) is 18.0. The Morgan fingerprint density at radius 2 is 2.05 bits per heavy atom. The molecule has 1 amide bonds. The van der Waals surface area contributed by atoms with Crippen molar-refractivity contribution < 1.29 is 24.5 Å². The molecule has 198 valence electrons. The average molecular weight is 520 g/mol. The van der Waals surface area contributed by atoms with Crippen LogP contribution >= 0.6 is 0 Å². The standard InChI is InChI=1S/C27H29N5O6/c1-4-27(37)20-18(13-38-26(27)36)25(35)31-12-17-16(11-29-32(9-10-33)24(34)14(2)3)15-7-5-6-8-19(15)30-22(17)23(31)21(20)28/h5-8,11,14,33,37H,4,9-10,12-13,28H2,1-3H3/b29-11+/t27-/m0/s1. The predicted octanol–water partition coefficient (Wildman–Crippen LogP) is 1.47. The molecule has 0 bridgehead atoms. The fourth-order valence-electron chi connectivity index (χ4n) is 5.17. The number of anilines is 1. The van der Waals surface area contributed by atoms with Crippen molar-refractivity contribution in [3.05, 3.63) is 56.9 Å². The largest absolute Gasteiger partial charge is 0.458 e. The van der Waals surface area contributed by atoms with E-state index in [0.29, 0.717) is 28.0 Å². The summed E-state index contributed by atoms with van der Waals surface area (Å²) < 4.78 is 6.62. The summed E-state index contributed by atoms with van der Waals surface area (Å²) in [5.74, 6) is -1.42. The first-order chi connectivity index (χ1) is 18.1. The van der Waals surface area contributed by atoms with Crippen LogP contribution in [0.3, 0.4) is 0 Å². The van der Waals surface area contributed by atoms with Crippen LogP contribution < -0.4 is 11.3 Å². The Morgan fingerprint density at radius 3 is 2.74 bits per heavy atom. The van der Waals surface area contributed by atoms with Gasteiger partial charge in [-0.3, -0.25) is 9.59 Å². The number of fused-ring (bicyclic) bond motifs is 5. The molecule has 2 aliphatic heterocycles. The predicted molar refractivity (Wildman–Crippen MR) is 140 cm³/mol. The van der Waals surface area contributed by atoms with Gasteiger partial charge in [0.25, 0.3) is 5.56 Å². The van der Waals surface area contributed by atoms with Gasteiger partial charge >= 0.3 is 5.97 Å². The maximum Gasteiger partial charge on any atom is 0.343 e. The number of rotatable bonds is 6. The van der Waals surface area contributed by atoms with Gasteiger partial charge < -0.3 is 25.3 Å². The molecule has 2 aromatic heterocycles. The van der Waals surface area contributed by atoms with Crippen molar-refractivity contribution in [1.82, 2.24) is 14.6 Å².